The van der Waals surface area contributed by atoms with Gasteiger partial charge in [-0.15, -0.1) is 0 Å². The molecule has 1 unspecified atom stereocenters. The van der Waals surface area contributed by atoms with Crippen molar-refractivity contribution >= 4 is 17.5 Å². The maximum absolute atomic E-state index is 12.9. The van der Waals surface area contributed by atoms with Crippen LogP contribution in [0.2, 0.25) is 0 Å². The van der Waals surface area contributed by atoms with Gasteiger partial charge in [-0.2, -0.15) is 0 Å². The smallest absolute Gasteiger partial charge is 0.251 e. The summed E-state index contributed by atoms with van der Waals surface area (Å²) in [6.45, 7) is 5.35. The number of carbonyl (C=O) groups is 2. The molecular weight excluding hydrogens is 368 g/mol. The third-order valence-corrected chi connectivity index (χ3v) is 5.56. The molecular formula is C22H28N4O3. The number of rotatable bonds is 4. The van der Waals surface area contributed by atoms with E-state index in [0.29, 0.717) is 36.6 Å². The summed E-state index contributed by atoms with van der Waals surface area (Å²) in [6.07, 6.45) is 4.04. The third-order valence-electron chi connectivity index (χ3n) is 5.56. The van der Waals surface area contributed by atoms with Gasteiger partial charge < -0.3 is 14.5 Å². The lowest BCUT2D eigenvalue weighted by atomic mass is 10.1. The summed E-state index contributed by atoms with van der Waals surface area (Å²) in [4.78, 5) is 38.4. The normalized spacial score (nSPS) is 19.8. The van der Waals surface area contributed by atoms with Crippen molar-refractivity contribution in [1.82, 2.24) is 14.9 Å². The minimum Gasteiger partial charge on any atom is -0.368 e. The summed E-state index contributed by atoms with van der Waals surface area (Å²) < 4.78 is 5.55. The molecule has 2 fully saturated rings. The summed E-state index contributed by atoms with van der Waals surface area (Å²) in [5.41, 5.74) is 1.68. The number of aromatic nitrogens is 2. The molecule has 2 aromatic rings. The second kappa shape index (κ2) is 8.69. The summed E-state index contributed by atoms with van der Waals surface area (Å²) in [6, 6.07) is 9.06. The lowest BCUT2D eigenvalue weighted by Gasteiger charge is -2.24. The minimum absolute atomic E-state index is 0. The number of carbonyl (C=O) groups excluding carboxylic acids is 2. The van der Waals surface area contributed by atoms with Crippen LogP contribution < -0.4 is 4.90 Å². The van der Waals surface area contributed by atoms with Crippen LogP contribution in [0.15, 0.2) is 36.5 Å². The van der Waals surface area contributed by atoms with Gasteiger partial charge in [-0.05, 0) is 50.5 Å². The molecule has 2 saturated heterocycles. The Balaban J connectivity index is 0.00000256. The topological polar surface area (TPSA) is 75.6 Å². The molecule has 2 aliphatic heterocycles. The van der Waals surface area contributed by atoms with Crippen LogP contribution >= 0.6 is 0 Å². The van der Waals surface area contributed by atoms with Crippen LogP contribution in [0.5, 0.6) is 0 Å². The van der Waals surface area contributed by atoms with Crippen molar-refractivity contribution in [3.63, 3.8) is 0 Å². The van der Waals surface area contributed by atoms with E-state index in [1.807, 2.05) is 24.0 Å². The van der Waals surface area contributed by atoms with Crippen LogP contribution in [0.25, 0.3) is 0 Å². The zero-order chi connectivity index (χ0) is 20.2. The molecule has 0 N–H and O–H groups in total. The lowest BCUT2D eigenvalue weighted by molar-refractivity contribution is -0.140. The highest BCUT2D eigenvalue weighted by Crippen LogP contribution is 2.19. The van der Waals surface area contributed by atoms with Crippen LogP contribution in [0.3, 0.4) is 0 Å². The van der Waals surface area contributed by atoms with Crippen molar-refractivity contribution in [3.05, 3.63) is 53.5 Å². The second-order valence-electron chi connectivity index (χ2n) is 7.51. The van der Waals surface area contributed by atoms with Crippen molar-refractivity contribution < 1.29 is 15.8 Å². The van der Waals surface area contributed by atoms with Gasteiger partial charge in [0.25, 0.3) is 5.91 Å². The molecule has 154 valence electrons. The monoisotopic (exact) mass is 396 g/mol. The molecule has 4 rings (SSSR count). The Bertz CT molecular complexity index is 901. The summed E-state index contributed by atoms with van der Waals surface area (Å²) >= 11 is 0. The van der Waals surface area contributed by atoms with Crippen LogP contribution in [-0.2, 0) is 9.53 Å². The predicted molar refractivity (Wildman–Crippen MR) is 111 cm³/mol. The molecule has 2 aromatic heterocycles. The fourth-order valence-corrected chi connectivity index (χ4v) is 3.93. The number of aryl methyl sites for hydroxylation is 1. The van der Waals surface area contributed by atoms with Crippen LogP contribution in [-0.4, -0.2) is 65.4 Å². The van der Waals surface area contributed by atoms with Gasteiger partial charge in [0.05, 0.1) is 0 Å². The SMILES string of the molecule is Cc1ncccc1C(=O)c1cccc(N2CCCN(C(=O)C3CCCO3)CC2)n1.[HH]. The summed E-state index contributed by atoms with van der Waals surface area (Å²) in [5, 5.41) is 0. The molecule has 7 heteroatoms. The van der Waals surface area contributed by atoms with E-state index < -0.39 is 0 Å². The van der Waals surface area contributed by atoms with Gasteiger partial charge >= 0.3 is 0 Å². The molecule has 1 amide bonds. The number of ketones is 1. The van der Waals surface area contributed by atoms with Crippen LogP contribution in [0.1, 0.15) is 42.4 Å². The van der Waals surface area contributed by atoms with E-state index in [4.69, 9.17) is 4.74 Å². The maximum Gasteiger partial charge on any atom is 0.251 e. The van der Waals surface area contributed by atoms with Crippen molar-refractivity contribution in [3.8, 4) is 0 Å². The summed E-state index contributed by atoms with van der Waals surface area (Å²) in [5.74, 6) is 0.750. The molecule has 7 nitrogen and oxygen atoms in total. The molecule has 2 aliphatic rings. The Morgan fingerprint density at radius 2 is 2.00 bits per heavy atom. The van der Waals surface area contributed by atoms with Gasteiger partial charge in [-0.25, -0.2) is 4.98 Å². The zero-order valence-electron chi connectivity index (χ0n) is 16.7. The van der Waals surface area contributed by atoms with Crippen molar-refractivity contribution in [2.75, 3.05) is 37.7 Å². The van der Waals surface area contributed by atoms with Gasteiger partial charge in [0, 0.05) is 51.7 Å². The number of anilines is 1. The average molecular weight is 396 g/mol. The number of hydrogen-bond acceptors (Lipinski definition) is 6. The Morgan fingerprint density at radius 1 is 1.10 bits per heavy atom. The number of amides is 1. The molecule has 0 radical (unpaired) electrons. The highest BCUT2D eigenvalue weighted by Gasteiger charge is 2.29. The van der Waals surface area contributed by atoms with Gasteiger partial charge in [0.1, 0.15) is 17.6 Å². The molecule has 4 heterocycles. The number of hydrogen-bond donors (Lipinski definition) is 0. The van der Waals surface area contributed by atoms with E-state index in [1.54, 1.807) is 24.4 Å². The van der Waals surface area contributed by atoms with E-state index in [1.165, 1.54) is 0 Å². The zero-order valence-corrected chi connectivity index (χ0v) is 16.7. The van der Waals surface area contributed by atoms with E-state index in [2.05, 4.69) is 14.9 Å². The Kier molecular flexibility index (Phi) is 5.85. The van der Waals surface area contributed by atoms with E-state index in [0.717, 1.165) is 38.2 Å². The first-order valence-electron chi connectivity index (χ1n) is 10.2. The number of pyridine rings is 2. The predicted octanol–water partition coefficient (Wildman–Crippen LogP) is 2.48. The van der Waals surface area contributed by atoms with Crippen LogP contribution in [0.4, 0.5) is 5.82 Å². The molecule has 0 saturated carbocycles. The number of nitrogens with zero attached hydrogens (tertiary/aromatic N) is 4. The fraction of sp³-hybridized carbons (Fsp3) is 0.455. The van der Waals surface area contributed by atoms with Crippen molar-refractivity contribution in [1.29, 1.82) is 0 Å². The van der Waals surface area contributed by atoms with E-state index >= 15 is 0 Å². The number of ether oxygens (including phenoxy) is 1. The fourth-order valence-electron chi connectivity index (χ4n) is 3.93. The Morgan fingerprint density at radius 3 is 2.79 bits per heavy atom. The van der Waals surface area contributed by atoms with Crippen molar-refractivity contribution in [2.24, 2.45) is 0 Å². The Hall–Kier alpha value is -2.80. The summed E-state index contributed by atoms with van der Waals surface area (Å²) in [7, 11) is 0. The molecule has 29 heavy (non-hydrogen) atoms. The average Bonchev–Trinajstić information content (AvgIpc) is 3.18. The first kappa shape index (κ1) is 19.5. The lowest BCUT2D eigenvalue weighted by Crippen LogP contribution is -2.41. The maximum atomic E-state index is 12.9. The standard InChI is InChI=1S/C22H26N4O3.H2/c1-16-17(6-3-10-23-16)21(27)18-7-2-9-20(24-18)25-11-5-12-26(14-13-25)22(28)19-8-4-15-29-19;/h2-3,6-7,9-10,19H,4-5,8,11-15H2,1H3;1H. The molecule has 0 aromatic carbocycles. The molecule has 0 bridgehead atoms. The molecule has 0 spiro atoms. The largest absolute Gasteiger partial charge is 0.368 e. The van der Waals surface area contributed by atoms with Crippen LogP contribution in [0, 0.1) is 6.92 Å². The van der Waals surface area contributed by atoms with Gasteiger partial charge in [0.15, 0.2) is 0 Å². The molecule has 1 atom stereocenters. The first-order chi connectivity index (χ1) is 14.1. The van der Waals surface area contributed by atoms with Gasteiger partial charge in [0.2, 0.25) is 5.78 Å². The second-order valence-corrected chi connectivity index (χ2v) is 7.51. The molecule has 0 aliphatic carbocycles. The third kappa shape index (κ3) is 4.29. The highest BCUT2D eigenvalue weighted by atomic mass is 16.5. The van der Waals surface area contributed by atoms with Gasteiger partial charge in [-0.3, -0.25) is 14.6 Å². The van der Waals surface area contributed by atoms with Crippen molar-refractivity contribution in [2.45, 2.75) is 32.3 Å². The van der Waals surface area contributed by atoms with Gasteiger partial charge in [-0.1, -0.05) is 6.07 Å². The first-order valence-corrected chi connectivity index (χ1v) is 10.2. The highest BCUT2D eigenvalue weighted by molar-refractivity contribution is 6.08. The minimum atomic E-state index is -0.275. The van der Waals surface area contributed by atoms with E-state index in [-0.39, 0.29) is 19.2 Å². The quantitative estimate of drug-likeness (QED) is 0.739. The van der Waals surface area contributed by atoms with E-state index in [9.17, 15) is 9.59 Å². The Labute approximate surface area is 172 Å².